The number of aromatic nitrogens is 2. The van der Waals surface area contributed by atoms with Crippen molar-refractivity contribution in [2.75, 3.05) is 13.6 Å². The maximum atomic E-state index is 12.7. The van der Waals surface area contributed by atoms with Crippen LogP contribution in [0.4, 0.5) is 0 Å². The molecule has 152 valence electrons. The fourth-order valence-electron chi connectivity index (χ4n) is 3.58. The highest BCUT2D eigenvalue weighted by molar-refractivity contribution is 7.11. The second-order valence-corrected chi connectivity index (χ2v) is 8.70. The number of nitrogens with zero attached hydrogens (tertiary/aromatic N) is 3. The van der Waals surface area contributed by atoms with Crippen molar-refractivity contribution in [1.29, 1.82) is 0 Å². The van der Waals surface area contributed by atoms with Crippen molar-refractivity contribution in [3.8, 4) is 0 Å². The number of hydrogen-bond donors (Lipinski definition) is 0. The van der Waals surface area contributed by atoms with E-state index in [1.54, 1.807) is 23.7 Å². The normalized spacial score (nSPS) is 11.0. The van der Waals surface area contributed by atoms with E-state index >= 15 is 0 Å². The molecule has 30 heavy (non-hydrogen) atoms. The van der Waals surface area contributed by atoms with Gasteiger partial charge in [-0.15, -0.1) is 11.3 Å². The SMILES string of the molecule is Cc1nc(Cc2cccc3ccccc23)sc1CC(=O)N(C)CCc1ccncc1. The van der Waals surface area contributed by atoms with E-state index < -0.39 is 0 Å². The van der Waals surface area contributed by atoms with E-state index in [2.05, 4.69) is 47.4 Å². The molecule has 0 aliphatic heterocycles. The molecular weight excluding hydrogens is 390 g/mol. The average Bonchev–Trinajstić information content (AvgIpc) is 3.11. The molecule has 0 fully saturated rings. The zero-order valence-corrected chi connectivity index (χ0v) is 18.2. The number of amides is 1. The maximum absolute atomic E-state index is 12.7. The third-order valence-electron chi connectivity index (χ3n) is 5.38. The van der Waals surface area contributed by atoms with Crippen LogP contribution in [-0.2, 0) is 24.1 Å². The van der Waals surface area contributed by atoms with Gasteiger partial charge in [0.2, 0.25) is 5.91 Å². The van der Waals surface area contributed by atoms with Gasteiger partial charge in [-0.25, -0.2) is 4.98 Å². The summed E-state index contributed by atoms with van der Waals surface area (Å²) in [7, 11) is 1.87. The predicted octanol–water partition coefficient (Wildman–Crippen LogP) is 4.83. The Morgan fingerprint density at radius 2 is 1.80 bits per heavy atom. The molecule has 0 aliphatic rings. The zero-order valence-electron chi connectivity index (χ0n) is 17.3. The van der Waals surface area contributed by atoms with Gasteiger partial charge in [0.1, 0.15) is 0 Å². The first kappa shape index (κ1) is 20.2. The summed E-state index contributed by atoms with van der Waals surface area (Å²) >= 11 is 1.66. The molecule has 2 aromatic heterocycles. The number of hydrogen-bond acceptors (Lipinski definition) is 4. The van der Waals surface area contributed by atoms with Gasteiger partial charge in [-0.2, -0.15) is 0 Å². The summed E-state index contributed by atoms with van der Waals surface area (Å²) in [4.78, 5) is 24.4. The summed E-state index contributed by atoms with van der Waals surface area (Å²) in [6, 6.07) is 18.8. The average molecular weight is 416 g/mol. The van der Waals surface area contributed by atoms with Crippen molar-refractivity contribution in [3.05, 3.63) is 93.7 Å². The van der Waals surface area contributed by atoms with Crippen LogP contribution in [0.15, 0.2) is 67.0 Å². The van der Waals surface area contributed by atoms with Crippen LogP contribution < -0.4 is 0 Å². The Hall–Kier alpha value is -3.05. The van der Waals surface area contributed by atoms with Crippen molar-refractivity contribution >= 4 is 28.0 Å². The van der Waals surface area contributed by atoms with Crippen LogP contribution >= 0.6 is 11.3 Å². The molecular formula is C25H25N3OS. The van der Waals surface area contributed by atoms with E-state index in [0.29, 0.717) is 13.0 Å². The Kier molecular flexibility index (Phi) is 6.19. The first-order valence-electron chi connectivity index (χ1n) is 10.1. The molecule has 0 unspecified atom stereocenters. The fourth-order valence-corrected chi connectivity index (χ4v) is 4.66. The van der Waals surface area contributed by atoms with Gasteiger partial charge in [0, 0.05) is 37.3 Å². The van der Waals surface area contributed by atoms with Gasteiger partial charge >= 0.3 is 0 Å². The molecule has 4 rings (SSSR count). The summed E-state index contributed by atoms with van der Waals surface area (Å²) in [6.07, 6.45) is 5.61. The Morgan fingerprint density at radius 1 is 1.03 bits per heavy atom. The Balaban J connectivity index is 1.41. The number of rotatable bonds is 7. The van der Waals surface area contributed by atoms with Gasteiger partial charge in [-0.1, -0.05) is 42.5 Å². The van der Waals surface area contributed by atoms with Gasteiger partial charge in [-0.3, -0.25) is 9.78 Å². The molecule has 0 N–H and O–H groups in total. The summed E-state index contributed by atoms with van der Waals surface area (Å²) in [5, 5.41) is 3.57. The van der Waals surface area contributed by atoms with Gasteiger partial charge < -0.3 is 4.90 Å². The fraction of sp³-hybridized carbons (Fsp3) is 0.240. The molecule has 5 heteroatoms. The Morgan fingerprint density at radius 3 is 2.63 bits per heavy atom. The molecule has 0 atom stereocenters. The first-order valence-corrected chi connectivity index (χ1v) is 11.0. The molecule has 0 radical (unpaired) electrons. The predicted molar refractivity (Wildman–Crippen MR) is 123 cm³/mol. The molecule has 0 spiro atoms. The number of thiazole rings is 1. The quantitative estimate of drug-likeness (QED) is 0.434. The molecule has 0 saturated carbocycles. The number of fused-ring (bicyclic) bond motifs is 1. The molecule has 0 saturated heterocycles. The Labute approximate surface area is 181 Å². The lowest BCUT2D eigenvalue weighted by molar-refractivity contribution is -0.129. The monoisotopic (exact) mass is 415 g/mol. The van der Waals surface area contributed by atoms with Crippen molar-refractivity contribution in [2.45, 2.75) is 26.2 Å². The smallest absolute Gasteiger partial charge is 0.227 e. The summed E-state index contributed by atoms with van der Waals surface area (Å²) in [5.74, 6) is 0.132. The molecule has 0 aliphatic carbocycles. The maximum Gasteiger partial charge on any atom is 0.227 e. The molecule has 2 aromatic carbocycles. The second kappa shape index (κ2) is 9.18. The van der Waals surface area contributed by atoms with Crippen molar-refractivity contribution in [1.82, 2.24) is 14.9 Å². The minimum absolute atomic E-state index is 0.132. The number of pyridine rings is 1. The van der Waals surface area contributed by atoms with Crippen LogP contribution in [0, 0.1) is 6.92 Å². The number of carbonyl (C=O) groups is 1. The van der Waals surface area contributed by atoms with E-state index in [0.717, 1.165) is 28.4 Å². The van der Waals surface area contributed by atoms with Gasteiger partial charge in [0.25, 0.3) is 0 Å². The van der Waals surface area contributed by atoms with E-state index in [9.17, 15) is 4.79 Å². The van der Waals surface area contributed by atoms with Crippen LogP contribution in [0.2, 0.25) is 0 Å². The number of carbonyl (C=O) groups excluding carboxylic acids is 1. The van der Waals surface area contributed by atoms with Crippen LogP contribution in [-0.4, -0.2) is 34.4 Å². The van der Waals surface area contributed by atoms with Crippen LogP contribution in [0.1, 0.15) is 26.7 Å². The molecule has 4 nitrogen and oxygen atoms in total. The third kappa shape index (κ3) is 4.74. The second-order valence-electron chi connectivity index (χ2n) is 7.53. The highest BCUT2D eigenvalue weighted by Crippen LogP contribution is 2.25. The lowest BCUT2D eigenvalue weighted by atomic mass is 10.0. The van der Waals surface area contributed by atoms with Gasteiger partial charge in [0.05, 0.1) is 17.1 Å². The minimum atomic E-state index is 0.132. The molecule has 0 bridgehead atoms. The lowest BCUT2D eigenvalue weighted by Crippen LogP contribution is -2.30. The minimum Gasteiger partial charge on any atom is -0.345 e. The van der Waals surface area contributed by atoms with E-state index in [4.69, 9.17) is 4.98 Å². The molecule has 2 heterocycles. The number of benzene rings is 2. The standard InChI is InChI=1S/C25H25N3OS/c1-18-23(17-25(29)28(2)15-12-19-10-13-26-14-11-19)30-24(27-18)16-21-8-5-7-20-6-3-4-9-22(20)21/h3-11,13-14H,12,15-17H2,1-2H3. The Bertz CT molecular complexity index is 1150. The molecule has 1 amide bonds. The van der Waals surface area contributed by atoms with E-state index in [1.165, 1.54) is 21.9 Å². The highest BCUT2D eigenvalue weighted by Gasteiger charge is 2.16. The largest absolute Gasteiger partial charge is 0.345 e. The van der Waals surface area contributed by atoms with Crippen molar-refractivity contribution in [3.63, 3.8) is 0 Å². The van der Waals surface area contributed by atoms with E-state index in [-0.39, 0.29) is 5.91 Å². The summed E-state index contributed by atoms with van der Waals surface area (Å²) < 4.78 is 0. The lowest BCUT2D eigenvalue weighted by Gasteiger charge is -2.16. The van der Waals surface area contributed by atoms with Gasteiger partial charge in [0.15, 0.2) is 0 Å². The van der Waals surface area contributed by atoms with Crippen LogP contribution in [0.5, 0.6) is 0 Å². The van der Waals surface area contributed by atoms with Crippen LogP contribution in [0.3, 0.4) is 0 Å². The van der Waals surface area contributed by atoms with Crippen LogP contribution in [0.25, 0.3) is 10.8 Å². The molecule has 4 aromatic rings. The van der Waals surface area contributed by atoms with Crippen molar-refractivity contribution < 1.29 is 4.79 Å². The topological polar surface area (TPSA) is 46.1 Å². The highest BCUT2D eigenvalue weighted by atomic mass is 32.1. The third-order valence-corrected chi connectivity index (χ3v) is 6.54. The number of aryl methyl sites for hydroxylation is 1. The van der Waals surface area contributed by atoms with Gasteiger partial charge in [-0.05, 0) is 47.4 Å². The zero-order chi connectivity index (χ0) is 20.9. The number of likely N-dealkylation sites (N-methyl/N-ethyl adjacent to an activating group) is 1. The van der Waals surface area contributed by atoms with E-state index in [1.807, 2.05) is 31.0 Å². The van der Waals surface area contributed by atoms with Crippen molar-refractivity contribution in [2.24, 2.45) is 0 Å². The summed E-state index contributed by atoms with van der Waals surface area (Å²) in [5.41, 5.74) is 3.43. The first-order chi connectivity index (χ1) is 14.6. The summed E-state index contributed by atoms with van der Waals surface area (Å²) in [6.45, 7) is 2.70.